The summed E-state index contributed by atoms with van der Waals surface area (Å²) in [6, 6.07) is 1.94. The van der Waals surface area contributed by atoms with Crippen LogP contribution in [0.15, 0.2) is 18.3 Å². The normalized spacial score (nSPS) is 21.8. The number of likely N-dealkylation sites (tertiary alicyclic amines) is 1. The van der Waals surface area contributed by atoms with Gasteiger partial charge in [-0.1, -0.05) is 50.4 Å². The third kappa shape index (κ3) is 4.79. The molecule has 0 bridgehead atoms. The molecule has 4 nitrogen and oxygen atoms in total. The van der Waals surface area contributed by atoms with Crippen LogP contribution in [-0.4, -0.2) is 35.0 Å². The van der Waals surface area contributed by atoms with Gasteiger partial charge in [-0.25, -0.2) is 4.98 Å². The minimum Gasteiger partial charge on any atom is -0.485 e. The molecule has 1 saturated carbocycles. The number of amides is 1. The number of hydrogen-bond donors (Lipinski definition) is 0. The Labute approximate surface area is 161 Å². The number of carbonyl (C=O) groups is 1. The number of ether oxygens (including phenoxy) is 1. The summed E-state index contributed by atoms with van der Waals surface area (Å²) in [5, 5.41) is 0.382. The van der Waals surface area contributed by atoms with Crippen LogP contribution in [0.4, 0.5) is 0 Å². The molecule has 0 aromatic carbocycles. The van der Waals surface area contributed by atoms with Gasteiger partial charge in [-0.05, 0) is 36.8 Å². The van der Waals surface area contributed by atoms with Crippen LogP contribution in [0.2, 0.25) is 5.15 Å². The van der Waals surface area contributed by atoms with Crippen LogP contribution < -0.4 is 4.74 Å². The number of pyridine rings is 1. The van der Waals surface area contributed by atoms with Gasteiger partial charge in [0.1, 0.15) is 6.10 Å². The molecule has 2 aliphatic rings. The van der Waals surface area contributed by atoms with Crippen molar-refractivity contribution in [3.05, 3.63) is 29.1 Å². The van der Waals surface area contributed by atoms with Crippen LogP contribution >= 0.6 is 11.6 Å². The van der Waals surface area contributed by atoms with E-state index in [9.17, 15) is 4.79 Å². The molecule has 1 amide bonds. The highest BCUT2D eigenvalue weighted by Crippen LogP contribution is 2.31. The lowest BCUT2D eigenvalue weighted by Crippen LogP contribution is -2.38. The summed E-state index contributed by atoms with van der Waals surface area (Å²) >= 11 is 6.22. The minimum absolute atomic E-state index is 0.00216. The van der Waals surface area contributed by atoms with Gasteiger partial charge in [0.2, 0.25) is 5.91 Å². The fourth-order valence-electron chi connectivity index (χ4n) is 3.34. The molecule has 1 saturated heterocycles. The summed E-state index contributed by atoms with van der Waals surface area (Å²) < 4.78 is 6.08. The zero-order valence-electron chi connectivity index (χ0n) is 15.8. The molecule has 1 aromatic heterocycles. The molecule has 0 spiro atoms. The summed E-state index contributed by atoms with van der Waals surface area (Å²) in [5.41, 5.74) is 0.994. The number of carbonyl (C=O) groups excluding carboxylic acids is 1. The van der Waals surface area contributed by atoms with Gasteiger partial charge in [0, 0.05) is 25.1 Å². The molecule has 1 aliphatic heterocycles. The van der Waals surface area contributed by atoms with Gasteiger partial charge in [0.15, 0.2) is 10.9 Å². The first-order valence-corrected chi connectivity index (χ1v) is 10.2. The van der Waals surface area contributed by atoms with Gasteiger partial charge in [0.05, 0.1) is 6.54 Å². The zero-order valence-corrected chi connectivity index (χ0v) is 16.5. The maximum atomic E-state index is 12.4. The van der Waals surface area contributed by atoms with E-state index in [2.05, 4.69) is 31.0 Å². The van der Waals surface area contributed by atoms with Crippen LogP contribution in [0, 0.1) is 11.8 Å². The SMILES string of the molecule is CC[C@@H](C)C/C=C/c1cnc(Cl)c(O[C@@H]2CCN(C(=O)C3CCC3)C2)c1. The topological polar surface area (TPSA) is 42.4 Å². The quantitative estimate of drug-likeness (QED) is 0.631. The molecular weight excluding hydrogens is 348 g/mol. The number of halogens is 1. The minimum atomic E-state index is -0.00216. The van der Waals surface area contributed by atoms with Crippen molar-refractivity contribution in [3.8, 4) is 5.75 Å². The third-order valence-electron chi connectivity index (χ3n) is 5.58. The van der Waals surface area contributed by atoms with E-state index in [1.165, 1.54) is 12.8 Å². The Morgan fingerprint density at radius 1 is 1.46 bits per heavy atom. The Balaban J connectivity index is 1.57. The average Bonchev–Trinajstić information content (AvgIpc) is 3.04. The molecule has 142 valence electrons. The molecule has 5 heteroatoms. The smallest absolute Gasteiger partial charge is 0.225 e. The molecule has 0 N–H and O–H groups in total. The lowest BCUT2D eigenvalue weighted by molar-refractivity contribution is -0.137. The second-order valence-corrected chi connectivity index (χ2v) is 8.01. The van der Waals surface area contributed by atoms with Crippen molar-refractivity contribution >= 4 is 23.6 Å². The predicted octanol–water partition coefficient (Wildman–Crippen LogP) is 4.96. The molecule has 2 atom stereocenters. The van der Waals surface area contributed by atoms with E-state index in [0.29, 0.717) is 29.3 Å². The predicted molar refractivity (Wildman–Crippen MR) is 105 cm³/mol. The summed E-state index contributed by atoms with van der Waals surface area (Å²) in [7, 11) is 0. The second-order valence-electron chi connectivity index (χ2n) is 7.65. The third-order valence-corrected chi connectivity index (χ3v) is 5.86. The average molecular weight is 377 g/mol. The van der Waals surface area contributed by atoms with Gasteiger partial charge in [0.25, 0.3) is 0 Å². The second kappa shape index (κ2) is 8.90. The Hall–Kier alpha value is -1.55. The van der Waals surface area contributed by atoms with Crippen molar-refractivity contribution in [1.29, 1.82) is 0 Å². The van der Waals surface area contributed by atoms with Crippen molar-refractivity contribution < 1.29 is 9.53 Å². The first kappa shape index (κ1) is 19.2. The molecule has 2 heterocycles. The van der Waals surface area contributed by atoms with Crippen molar-refractivity contribution in [3.63, 3.8) is 0 Å². The van der Waals surface area contributed by atoms with Crippen LogP contribution in [0.25, 0.3) is 6.08 Å². The summed E-state index contributed by atoms with van der Waals surface area (Å²) in [6.07, 6.45) is 12.4. The van der Waals surface area contributed by atoms with Gasteiger partial charge in [-0.2, -0.15) is 0 Å². The van der Waals surface area contributed by atoms with Gasteiger partial charge >= 0.3 is 0 Å². The molecule has 0 unspecified atom stereocenters. The molecule has 1 aliphatic carbocycles. The van der Waals surface area contributed by atoms with E-state index in [1.807, 2.05) is 11.0 Å². The standard InChI is InChI=1S/C21H29ClN2O2/c1-3-15(2)6-4-7-16-12-19(20(22)23-13-16)26-18-10-11-24(14-18)21(25)17-8-5-9-17/h4,7,12-13,15,17-18H,3,5-6,8-11,14H2,1-2H3/b7-4+/t15-,18-/m1/s1. The van der Waals surface area contributed by atoms with E-state index in [4.69, 9.17) is 16.3 Å². The van der Waals surface area contributed by atoms with E-state index in [0.717, 1.165) is 37.8 Å². The number of rotatable bonds is 7. The fourth-order valence-corrected chi connectivity index (χ4v) is 3.49. The molecule has 26 heavy (non-hydrogen) atoms. The van der Waals surface area contributed by atoms with Crippen LogP contribution in [0.5, 0.6) is 5.75 Å². The maximum Gasteiger partial charge on any atom is 0.225 e. The molecule has 2 fully saturated rings. The molecule has 0 radical (unpaired) electrons. The Bertz CT molecular complexity index is 657. The zero-order chi connectivity index (χ0) is 18.5. The Morgan fingerprint density at radius 3 is 2.96 bits per heavy atom. The molecule has 1 aromatic rings. The highest BCUT2D eigenvalue weighted by Gasteiger charge is 2.34. The van der Waals surface area contributed by atoms with Crippen molar-refractivity contribution in [1.82, 2.24) is 9.88 Å². The summed E-state index contributed by atoms with van der Waals surface area (Å²) in [6.45, 7) is 5.88. The Kier molecular flexibility index (Phi) is 6.58. The maximum absolute atomic E-state index is 12.4. The first-order valence-electron chi connectivity index (χ1n) is 9.84. The van der Waals surface area contributed by atoms with Gasteiger partial charge in [-0.3, -0.25) is 4.79 Å². The number of hydrogen-bond acceptors (Lipinski definition) is 3. The van der Waals surface area contributed by atoms with Crippen LogP contribution in [0.1, 0.15) is 57.9 Å². The van der Waals surface area contributed by atoms with Crippen LogP contribution in [-0.2, 0) is 4.79 Å². The van der Waals surface area contributed by atoms with E-state index in [-0.39, 0.29) is 12.0 Å². The fraction of sp³-hybridized carbons (Fsp3) is 0.619. The number of aromatic nitrogens is 1. The van der Waals surface area contributed by atoms with E-state index >= 15 is 0 Å². The number of allylic oxidation sites excluding steroid dienone is 1. The van der Waals surface area contributed by atoms with Crippen LogP contribution in [0.3, 0.4) is 0 Å². The van der Waals surface area contributed by atoms with Crippen molar-refractivity contribution in [2.45, 2.75) is 58.5 Å². The largest absolute Gasteiger partial charge is 0.485 e. The molecule has 3 rings (SSSR count). The lowest BCUT2D eigenvalue weighted by atomic mass is 9.84. The van der Waals surface area contributed by atoms with Crippen molar-refractivity contribution in [2.24, 2.45) is 11.8 Å². The van der Waals surface area contributed by atoms with E-state index < -0.39 is 0 Å². The summed E-state index contributed by atoms with van der Waals surface area (Å²) in [5.74, 6) is 1.84. The van der Waals surface area contributed by atoms with Gasteiger partial charge in [-0.15, -0.1) is 0 Å². The monoisotopic (exact) mass is 376 g/mol. The number of nitrogens with zero attached hydrogens (tertiary/aromatic N) is 2. The van der Waals surface area contributed by atoms with Gasteiger partial charge < -0.3 is 9.64 Å². The lowest BCUT2D eigenvalue weighted by Gasteiger charge is -2.29. The highest BCUT2D eigenvalue weighted by atomic mass is 35.5. The first-order chi connectivity index (χ1) is 12.6. The molecular formula is C21H29ClN2O2. The van der Waals surface area contributed by atoms with E-state index in [1.54, 1.807) is 6.20 Å². The Morgan fingerprint density at radius 2 is 2.27 bits per heavy atom. The highest BCUT2D eigenvalue weighted by molar-refractivity contribution is 6.30. The summed E-state index contributed by atoms with van der Waals surface area (Å²) in [4.78, 5) is 18.6. The van der Waals surface area contributed by atoms with Crippen molar-refractivity contribution in [2.75, 3.05) is 13.1 Å².